The predicted molar refractivity (Wildman–Crippen MR) is 72.0 cm³/mol. The van der Waals surface area contributed by atoms with Crippen LogP contribution in [-0.4, -0.2) is 14.8 Å². The quantitative estimate of drug-likeness (QED) is 0.848. The van der Waals surface area contributed by atoms with Crippen molar-refractivity contribution in [1.29, 1.82) is 0 Å². The van der Waals surface area contributed by atoms with Crippen LogP contribution < -0.4 is 5.73 Å². The van der Waals surface area contributed by atoms with E-state index in [1.54, 1.807) is 0 Å². The van der Waals surface area contributed by atoms with Crippen LogP contribution in [0.5, 0.6) is 0 Å². The fourth-order valence-corrected chi connectivity index (χ4v) is 1.96. The van der Waals surface area contributed by atoms with Crippen molar-refractivity contribution in [1.82, 2.24) is 14.8 Å². The zero-order valence-electron chi connectivity index (χ0n) is 10.8. The van der Waals surface area contributed by atoms with E-state index in [0.717, 1.165) is 31.4 Å². The second-order valence-corrected chi connectivity index (χ2v) is 4.54. The summed E-state index contributed by atoms with van der Waals surface area (Å²) in [6.07, 6.45) is 10.6. The third-order valence-corrected chi connectivity index (χ3v) is 3.03. The standard InChI is InChI=1S/C14H20N4/c1-2-9-18-11-13(10-17-18)14(15)4-3-12-5-7-16-8-6-12/h5-8,10-11,14H,2-4,9,15H2,1H3. The topological polar surface area (TPSA) is 56.7 Å². The molecule has 0 aliphatic carbocycles. The predicted octanol–water partition coefficient (Wildman–Crippen LogP) is 2.32. The number of aryl methyl sites for hydroxylation is 2. The van der Waals surface area contributed by atoms with Crippen LogP contribution in [0.15, 0.2) is 36.9 Å². The highest BCUT2D eigenvalue weighted by Crippen LogP contribution is 2.16. The van der Waals surface area contributed by atoms with Crippen LogP contribution in [0.25, 0.3) is 0 Å². The van der Waals surface area contributed by atoms with Crippen LogP contribution in [-0.2, 0) is 13.0 Å². The summed E-state index contributed by atoms with van der Waals surface area (Å²) in [5, 5.41) is 4.31. The van der Waals surface area contributed by atoms with Gasteiger partial charge in [-0.1, -0.05) is 6.92 Å². The van der Waals surface area contributed by atoms with Crippen molar-refractivity contribution in [2.45, 2.75) is 38.8 Å². The van der Waals surface area contributed by atoms with Gasteiger partial charge in [-0.25, -0.2) is 0 Å². The van der Waals surface area contributed by atoms with E-state index in [1.807, 2.05) is 35.4 Å². The number of nitrogens with two attached hydrogens (primary N) is 1. The number of rotatable bonds is 6. The van der Waals surface area contributed by atoms with Crippen LogP contribution in [0, 0.1) is 0 Å². The van der Waals surface area contributed by atoms with Gasteiger partial charge in [-0.05, 0) is 37.0 Å². The first-order valence-corrected chi connectivity index (χ1v) is 6.46. The highest BCUT2D eigenvalue weighted by atomic mass is 15.3. The molecule has 96 valence electrons. The Morgan fingerprint density at radius 2 is 2.11 bits per heavy atom. The lowest BCUT2D eigenvalue weighted by Crippen LogP contribution is -2.10. The molecule has 0 amide bonds. The molecule has 2 rings (SSSR count). The molecule has 2 aromatic rings. The lowest BCUT2D eigenvalue weighted by molar-refractivity contribution is 0.599. The summed E-state index contributed by atoms with van der Waals surface area (Å²) in [4.78, 5) is 4.01. The SMILES string of the molecule is CCCn1cc(C(N)CCc2ccncc2)cn1. The first kappa shape index (κ1) is 12.8. The van der Waals surface area contributed by atoms with Gasteiger partial charge in [0, 0.05) is 36.7 Å². The van der Waals surface area contributed by atoms with Gasteiger partial charge < -0.3 is 5.73 Å². The van der Waals surface area contributed by atoms with Crippen LogP contribution >= 0.6 is 0 Å². The Morgan fingerprint density at radius 3 is 2.83 bits per heavy atom. The molecule has 0 aliphatic rings. The average Bonchev–Trinajstić information content (AvgIpc) is 2.86. The molecule has 4 heteroatoms. The minimum atomic E-state index is 0.0590. The number of hydrogen-bond acceptors (Lipinski definition) is 3. The van der Waals surface area contributed by atoms with E-state index in [0.29, 0.717) is 0 Å². The van der Waals surface area contributed by atoms with E-state index in [4.69, 9.17) is 5.73 Å². The van der Waals surface area contributed by atoms with Gasteiger partial charge in [0.1, 0.15) is 0 Å². The number of aromatic nitrogens is 3. The minimum absolute atomic E-state index is 0.0590. The van der Waals surface area contributed by atoms with Gasteiger partial charge in [0.05, 0.1) is 6.20 Å². The van der Waals surface area contributed by atoms with Gasteiger partial charge in [0.25, 0.3) is 0 Å². The third-order valence-electron chi connectivity index (χ3n) is 3.03. The molecule has 18 heavy (non-hydrogen) atoms. The fraction of sp³-hybridized carbons (Fsp3) is 0.429. The van der Waals surface area contributed by atoms with Crippen molar-refractivity contribution >= 4 is 0 Å². The highest BCUT2D eigenvalue weighted by molar-refractivity contribution is 5.13. The molecule has 0 radical (unpaired) electrons. The van der Waals surface area contributed by atoms with E-state index in [9.17, 15) is 0 Å². The Bertz CT molecular complexity index is 464. The van der Waals surface area contributed by atoms with Crippen molar-refractivity contribution in [2.24, 2.45) is 5.73 Å². The minimum Gasteiger partial charge on any atom is -0.324 e. The van der Waals surface area contributed by atoms with Gasteiger partial charge >= 0.3 is 0 Å². The molecule has 0 saturated carbocycles. The molecule has 2 aromatic heterocycles. The summed E-state index contributed by atoms with van der Waals surface area (Å²) in [5.41, 5.74) is 8.59. The number of hydrogen-bond donors (Lipinski definition) is 1. The molecular weight excluding hydrogens is 224 g/mol. The lowest BCUT2D eigenvalue weighted by atomic mass is 10.0. The Labute approximate surface area is 108 Å². The summed E-state index contributed by atoms with van der Waals surface area (Å²) >= 11 is 0. The lowest BCUT2D eigenvalue weighted by Gasteiger charge is -2.09. The molecule has 0 aliphatic heterocycles. The Balaban J connectivity index is 1.89. The molecule has 0 bridgehead atoms. The highest BCUT2D eigenvalue weighted by Gasteiger charge is 2.08. The zero-order valence-corrected chi connectivity index (χ0v) is 10.8. The Morgan fingerprint density at radius 1 is 1.33 bits per heavy atom. The maximum atomic E-state index is 6.18. The van der Waals surface area contributed by atoms with E-state index in [1.165, 1.54) is 5.56 Å². The van der Waals surface area contributed by atoms with E-state index >= 15 is 0 Å². The van der Waals surface area contributed by atoms with Gasteiger partial charge in [-0.15, -0.1) is 0 Å². The number of nitrogens with zero attached hydrogens (tertiary/aromatic N) is 3. The molecule has 1 unspecified atom stereocenters. The van der Waals surface area contributed by atoms with Crippen molar-refractivity contribution < 1.29 is 0 Å². The van der Waals surface area contributed by atoms with Crippen LogP contribution in [0.2, 0.25) is 0 Å². The molecular formula is C14H20N4. The Kier molecular flexibility index (Phi) is 4.47. The van der Waals surface area contributed by atoms with Gasteiger partial charge in [0.2, 0.25) is 0 Å². The fourth-order valence-electron chi connectivity index (χ4n) is 1.96. The van der Waals surface area contributed by atoms with E-state index < -0.39 is 0 Å². The van der Waals surface area contributed by atoms with Crippen molar-refractivity contribution in [3.8, 4) is 0 Å². The normalized spacial score (nSPS) is 12.6. The van der Waals surface area contributed by atoms with Gasteiger partial charge in [-0.3, -0.25) is 9.67 Å². The second-order valence-electron chi connectivity index (χ2n) is 4.54. The summed E-state index contributed by atoms with van der Waals surface area (Å²) in [6.45, 7) is 3.10. The molecule has 0 aromatic carbocycles. The van der Waals surface area contributed by atoms with Crippen molar-refractivity contribution in [3.63, 3.8) is 0 Å². The van der Waals surface area contributed by atoms with E-state index in [-0.39, 0.29) is 6.04 Å². The summed E-state index contributed by atoms with van der Waals surface area (Å²) < 4.78 is 1.96. The largest absolute Gasteiger partial charge is 0.324 e. The average molecular weight is 244 g/mol. The third kappa shape index (κ3) is 3.40. The van der Waals surface area contributed by atoms with Gasteiger partial charge in [-0.2, -0.15) is 5.10 Å². The molecule has 0 spiro atoms. The maximum Gasteiger partial charge on any atom is 0.0537 e. The summed E-state index contributed by atoms with van der Waals surface area (Å²) in [5.74, 6) is 0. The monoisotopic (exact) mass is 244 g/mol. The summed E-state index contributed by atoms with van der Waals surface area (Å²) in [7, 11) is 0. The molecule has 2 N–H and O–H groups in total. The maximum absolute atomic E-state index is 6.18. The molecule has 4 nitrogen and oxygen atoms in total. The van der Waals surface area contributed by atoms with Gasteiger partial charge in [0.15, 0.2) is 0 Å². The van der Waals surface area contributed by atoms with E-state index in [2.05, 4.69) is 23.2 Å². The molecule has 0 fully saturated rings. The van der Waals surface area contributed by atoms with Crippen LogP contribution in [0.3, 0.4) is 0 Å². The van der Waals surface area contributed by atoms with Crippen molar-refractivity contribution in [3.05, 3.63) is 48.0 Å². The Hall–Kier alpha value is -1.68. The summed E-state index contributed by atoms with van der Waals surface area (Å²) in [6, 6.07) is 4.13. The second kappa shape index (κ2) is 6.31. The first-order chi connectivity index (χ1) is 8.79. The molecule has 0 saturated heterocycles. The number of pyridine rings is 1. The van der Waals surface area contributed by atoms with Crippen LogP contribution in [0.1, 0.15) is 36.9 Å². The first-order valence-electron chi connectivity index (χ1n) is 6.46. The molecule has 1 atom stereocenters. The zero-order chi connectivity index (χ0) is 12.8. The molecule has 2 heterocycles. The van der Waals surface area contributed by atoms with Crippen LogP contribution in [0.4, 0.5) is 0 Å². The smallest absolute Gasteiger partial charge is 0.0537 e. The van der Waals surface area contributed by atoms with Crippen molar-refractivity contribution in [2.75, 3.05) is 0 Å².